The Morgan fingerprint density at radius 1 is 0.812 bits per heavy atom. The molecule has 16 heavy (non-hydrogen) atoms. The highest BCUT2D eigenvalue weighted by Crippen LogP contribution is 2.35. The van der Waals surface area contributed by atoms with Crippen molar-refractivity contribution in [3.63, 3.8) is 0 Å². The van der Waals surface area contributed by atoms with Crippen LogP contribution in [-0.2, 0) is 10.8 Å². The number of hydrogen-bond acceptors (Lipinski definition) is 0. The van der Waals surface area contributed by atoms with Crippen molar-refractivity contribution < 1.29 is 0 Å². The zero-order valence-corrected chi connectivity index (χ0v) is 13.1. The molecule has 1 aromatic rings. The van der Waals surface area contributed by atoms with Crippen LogP contribution in [0, 0.1) is 6.92 Å². The van der Waals surface area contributed by atoms with Gasteiger partial charge in [0.1, 0.15) is 0 Å². The van der Waals surface area contributed by atoms with E-state index >= 15 is 0 Å². The molecule has 1 aromatic carbocycles. The molecule has 0 nitrogen and oxygen atoms in total. The van der Waals surface area contributed by atoms with Gasteiger partial charge in [-0.25, -0.2) is 0 Å². The van der Waals surface area contributed by atoms with Crippen molar-refractivity contribution in [1.29, 1.82) is 0 Å². The van der Waals surface area contributed by atoms with Crippen molar-refractivity contribution in [1.82, 2.24) is 0 Å². The maximum Gasteiger partial charge on any atom is 0.0181 e. The normalized spacial score (nSPS) is 13.0. The van der Waals surface area contributed by atoms with Gasteiger partial charge in [-0.05, 0) is 46.6 Å². The van der Waals surface area contributed by atoms with E-state index in [1.807, 2.05) is 0 Å². The van der Waals surface area contributed by atoms with E-state index in [9.17, 15) is 0 Å². The van der Waals surface area contributed by atoms with Crippen LogP contribution in [0.15, 0.2) is 16.6 Å². The van der Waals surface area contributed by atoms with E-state index in [0.717, 1.165) is 0 Å². The summed E-state index contributed by atoms with van der Waals surface area (Å²) in [7, 11) is 0. The molecule has 0 spiro atoms. The van der Waals surface area contributed by atoms with E-state index in [-0.39, 0.29) is 10.8 Å². The second kappa shape index (κ2) is 4.18. The number of rotatable bonds is 0. The van der Waals surface area contributed by atoms with E-state index in [0.29, 0.717) is 0 Å². The lowest BCUT2D eigenvalue weighted by Gasteiger charge is -2.29. The van der Waals surface area contributed by atoms with Crippen LogP contribution in [0.4, 0.5) is 0 Å². The van der Waals surface area contributed by atoms with Crippen LogP contribution in [0.1, 0.15) is 58.2 Å². The molecule has 0 radical (unpaired) electrons. The number of hydrogen-bond donors (Lipinski definition) is 0. The summed E-state index contributed by atoms with van der Waals surface area (Å²) in [5.74, 6) is 0. The summed E-state index contributed by atoms with van der Waals surface area (Å²) in [5, 5.41) is 0. The zero-order valence-electron chi connectivity index (χ0n) is 11.5. The van der Waals surface area contributed by atoms with Gasteiger partial charge in [-0.2, -0.15) is 0 Å². The maximum absolute atomic E-state index is 3.63. The number of benzene rings is 1. The Morgan fingerprint density at radius 2 is 1.12 bits per heavy atom. The maximum atomic E-state index is 3.63. The van der Waals surface area contributed by atoms with Crippen LogP contribution in [0.3, 0.4) is 0 Å². The SMILES string of the molecule is Cc1c(C(C)(C)C)cc(Br)cc1C(C)(C)C. The molecule has 1 rings (SSSR count). The minimum atomic E-state index is 0.202. The highest BCUT2D eigenvalue weighted by molar-refractivity contribution is 9.10. The lowest BCUT2D eigenvalue weighted by molar-refractivity contribution is 0.560. The molecule has 0 saturated carbocycles. The first kappa shape index (κ1) is 13.8. The molecule has 0 fully saturated rings. The fraction of sp³-hybridized carbons (Fsp3) is 0.600. The van der Waals surface area contributed by atoms with Gasteiger partial charge in [0.2, 0.25) is 0 Å². The minimum absolute atomic E-state index is 0.202. The monoisotopic (exact) mass is 282 g/mol. The Labute approximate surface area is 109 Å². The van der Waals surface area contributed by atoms with E-state index in [2.05, 4.69) is 76.5 Å². The van der Waals surface area contributed by atoms with E-state index in [1.54, 1.807) is 0 Å². The summed E-state index contributed by atoms with van der Waals surface area (Å²) in [4.78, 5) is 0. The van der Waals surface area contributed by atoms with Crippen LogP contribution in [-0.4, -0.2) is 0 Å². The fourth-order valence-electron chi connectivity index (χ4n) is 2.24. The third kappa shape index (κ3) is 2.88. The average molecular weight is 283 g/mol. The summed E-state index contributed by atoms with van der Waals surface area (Å²) < 4.78 is 1.19. The summed E-state index contributed by atoms with van der Waals surface area (Å²) in [6.07, 6.45) is 0. The molecule has 0 aliphatic carbocycles. The summed E-state index contributed by atoms with van der Waals surface area (Å²) in [6.45, 7) is 15.9. The highest BCUT2D eigenvalue weighted by Gasteiger charge is 2.23. The second-order valence-corrected chi connectivity index (χ2v) is 7.54. The summed E-state index contributed by atoms with van der Waals surface area (Å²) in [6, 6.07) is 4.51. The van der Waals surface area contributed by atoms with Crippen molar-refractivity contribution in [2.45, 2.75) is 59.3 Å². The lowest BCUT2D eigenvalue weighted by atomic mass is 9.77. The molecule has 0 aromatic heterocycles. The Kier molecular flexibility index (Phi) is 3.59. The van der Waals surface area contributed by atoms with E-state index < -0.39 is 0 Å². The molecule has 0 aliphatic rings. The molecule has 0 unspecified atom stereocenters. The van der Waals surface area contributed by atoms with E-state index in [4.69, 9.17) is 0 Å². The molecule has 0 saturated heterocycles. The van der Waals surface area contributed by atoms with Gasteiger partial charge in [0, 0.05) is 4.47 Å². The quantitative estimate of drug-likeness (QED) is 0.602. The van der Waals surface area contributed by atoms with Gasteiger partial charge in [0.25, 0.3) is 0 Å². The highest BCUT2D eigenvalue weighted by atomic mass is 79.9. The van der Waals surface area contributed by atoms with Crippen LogP contribution in [0.5, 0.6) is 0 Å². The molecule has 0 amide bonds. The van der Waals surface area contributed by atoms with Gasteiger partial charge in [-0.3, -0.25) is 0 Å². The minimum Gasteiger partial charge on any atom is -0.0561 e. The van der Waals surface area contributed by atoms with Gasteiger partial charge in [-0.1, -0.05) is 57.5 Å². The average Bonchev–Trinajstić information content (AvgIpc) is 2.04. The molecule has 0 aliphatic heterocycles. The van der Waals surface area contributed by atoms with Crippen LogP contribution < -0.4 is 0 Å². The Hall–Kier alpha value is -0.300. The molecule has 1 heteroatoms. The van der Waals surface area contributed by atoms with Crippen molar-refractivity contribution >= 4 is 15.9 Å². The van der Waals surface area contributed by atoms with Crippen LogP contribution in [0.2, 0.25) is 0 Å². The Morgan fingerprint density at radius 3 is 1.38 bits per heavy atom. The molecule has 0 atom stereocenters. The third-order valence-electron chi connectivity index (χ3n) is 2.99. The fourth-order valence-corrected chi connectivity index (χ4v) is 2.69. The predicted octanol–water partition coefficient (Wildman–Crippen LogP) is 5.35. The molecule has 0 N–H and O–H groups in total. The Bertz CT molecular complexity index is 354. The third-order valence-corrected chi connectivity index (χ3v) is 3.45. The van der Waals surface area contributed by atoms with Gasteiger partial charge in [0.15, 0.2) is 0 Å². The lowest BCUT2D eigenvalue weighted by Crippen LogP contribution is -2.19. The number of halogens is 1. The topological polar surface area (TPSA) is 0 Å². The first-order valence-corrected chi connectivity index (χ1v) is 6.64. The van der Waals surface area contributed by atoms with Gasteiger partial charge >= 0.3 is 0 Å². The van der Waals surface area contributed by atoms with Crippen LogP contribution >= 0.6 is 15.9 Å². The molecule has 0 bridgehead atoms. The summed E-state index contributed by atoms with van der Waals surface area (Å²) >= 11 is 3.63. The van der Waals surface area contributed by atoms with Gasteiger partial charge in [-0.15, -0.1) is 0 Å². The molecule has 90 valence electrons. The standard InChI is InChI=1S/C15H23Br/c1-10-12(14(2,3)4)8-11(16)9-13(10)15(5,6)7/h8-9H,1-7H3. The molecular weight excluding hydrogens is 260 g/mol. The first-order valence-electron chi connectivity index (χ1n) is 5.84. The Balaban J connectivity index is 3.51. The molecule has 0 heterocycles. The van der Waals surface area contributed by atoms with E-state index in [1.165, 1.54) is 21.2 Å². The van der Waals surface area contributed by atoms with Crippen molar-refractivity contribution in [3.8, 4) is 0 Å². The van der Waals surface area contributed by atoms with Crippen molar-refractivity contribution in [2.24, 2.45) is 0 Å². The summed E-state index contributed by atoms with van der Waals surface area (Å²) in [5.41, 5.74) is 4.71. The largest absolute Gasteiger partial charge is 0.0561 e. The predicted molar refractivity (Wildman–Crippen MR) is 76.3 cm³/mol. The van der Waals surface area contributed by atoms with Crippen molar-refractivity contribution in [3.05, 3.63) is 33.3 Å². The van der Waals surface area contributed by atoms with Gasteiger partial charge < -0.3 is 0 Å². The zero-order chi connectivity index (χ0) is 12.7. The molecular formula is C15H23Br. The van der Waals surface area contributed by atoms with Crippen molar-refractivity contribution in [2.75, 3.05) is 0 Å². The van der Waals surface area contributed by atoms with Gasteiger partial charge in [0.05, 0.1) is 0 Å². The van der Waals surface area contributed by atoms with Crippen LogP contribution in [0.25, 0.3) is 0 Å². The second-order valence-electron chi connectivity index (χ2n) is 6.63. The smallest absolute Gasteiger partial charge is 0.0181 e. The first-order chi connectivity index (χ1) is 7.03.